The highest BCUT2D eigenvalue weighted by Gasteiger charge is 2.32. The van der Waals surface area contributed by atoms with Crippen molar-refractivity contribution in [2.24, 2.45) is 0 Å². The van der Waals surface area contributed by atoms with E-state index in [4.69, 9.17) is 9.84 Å². The number of aryl methyl sites for hydroxylation is 2. The molecule has 0 atom stereocenters. The van der Waals surface area contributed by atoms with Crippen molar-refractivity contribution in [3.05, 3.63) is 201 Å². The fraction of sp³-hybridized carbons (Fsp3) is 0.373. The van der Waals surface area contributed by atoms with Crippen LogP contribution in [0.4, 0.5) is 0 Å². The molecule has 0 spiro atoms. The van der Waals surface area contributed by atoms with Crippen molar-refractivity contribution in [2.75, 3.05) is 7.11 Å². The number of carboxylic acids is 1. The minimum absolute atomic E-state index is 0.0292. The summed E-state index contributed by atoms with van der Waals surface area (Å²) in [6, 6.07) is 46.9. The van der Waals surface area contributed by atoms with E-state index in [-0.39, 0.29) is 29.6 Å². The van der Waals surface area contributed by atoms with Gasteiger partial charge in [0.1, 0.15) is 0 Å². The van der Waals surface area contributed by atoms with Crippen LogP contribution in [0.25, 0.3) is 34.4 Å². The zero-order valence-electron chi connectivity index (χ0n) is 45.6. The number of methoxy groups -OCH3 is 1. The van der Waals surface area contributed by atoms with Crippen LogP contribution in [0.2, 0.25) is 0 Å². The number of carbonyl (C=O) groups is 2. The van der Waals surface area contributed by atoms with Crippen LogP contribution in [0.1, 0.15) is 162 Å². The highest BCUT2D eigenvalue weighted by atomic mass is 16.5. The fourth-order valence-corrected chi connectivity index (χ4v) is 10.3. The molecule has 0 fully saturated rings. The van der Waals surface area contributed by atoms with Crippen molar-refractivity contribution in [1.29, 1.82) is 0 Å². The van der Waals surface area contributed by atoms with Gasteiger partial charge in [-0.3, -0.25) is 9.59 Å². The Morgan fingerprint density at radius 2 is 0.808 bits per heavy atom. The standard InChI is InChI=1S/C34H42O3.C33H40O3/c1-7-33(36,8-2)21-20-27-14-19-31(22-25(27)5)34(9-3,10-4)30-17-15-28(16-18-30)29-13-11-12-26(23-29)24-32(35)37-6;1-6-32(36,7-2)20-19-26-13-18-30(21-24(26)5)33(8-3,9-4)29-16-14-27(15-17-29)28-12-10-11-25(22-28)23-31(34)35/h11-23,36H,7-10,24H2,1-6H3;10-22,36H,6-9,23H2,1-5H3,(H,34,35)/b21-20+;20-19+. The van der Waals surface area contributed by atoms with Crippen LogP contribution in [0, 0.1) is 13.8 Å². The predicted octanol–water partition coefficient (Wildman–Crippen LogP) is 16.0. The topological polar surface area (TPSA) is 104 Å². The van der Waals surface area contributed by atoms with E-state index in [1.807, 2.05) is 76.2 Å². The fourth-order valence-electron chi connectivity index (χ4n) is 10.3. The van der Waals surface area contributed by atoms with Crippen LogP contribution in [-0.4, -0.2) is 45.6 Å². The molecule has 6 nitrogen and oxygen atoms in total. The molecule has 0 saturated heterocycles. The lowest BCUT2D eigenvalue weighted by Crippen LogP contribution is -2.26. The third-order valence-electron chi connectivity index (χ3n) is 16.0. The molecule has 386 valence electrons. The van der Waals surface area contributed by atoms with E-state index in [2.05, 4.69) is 151 Å². The van der Waals surface area contributed by atoms with Gasteiger partial charge in [0, 0.05) is 10.8 Å². The molecule has 0 aliphatic heterocycles. The Labute approximate surface area is 437 Å². The lowest BCUT2D eigenvalue weighted by molar-refractivity contribution is -0.140. The Hall–Kier alpha value is -6.34. The number of hydrogen-bond acceptors (Lipinski definition) is 5. The highest BCUT2D eigenvalue weighted by Crippen LogP contribution is 2.42. The van der Waals surface area contributed by atoms with Gasteiger partial charge in [-0.05, 0) is 143 Å². The number of ether oxygens (including phenoxy) is 1. The third kappa shape index (κ3) is 14.0. The maximum absolute atomic E-state index is 11.7. The molecule has 0 aliphatic rings. The number of aliphatic carboxylic acids is 1. The van der Waals surface area contributed by atoms with E-state index in [0.29, 0.717) is 25.7 Å². The molecule has 6 aromatic rings. The largest absolute Gasteiger partial charge is 0.481 e. The first-order valence-corrected chi connectivity index (χ1v) is 26.7. The summed E-state index contributed by atoms with van der Waals surface area (Å²) in [5, 5.41) is 30.4. The molecular weight excluding hydrogens is 901 g/mol. The summed E-state index contributed by atoms with van der Waals surface area (Å²) in [5.74, 6) is -1.05. The second kappa shape index (κ2) is 26.0. The monoisotopic (exact) mass is 983 g/mol. The van der Waals surface area contributed by atoms with Crippen LogP contribution < -0.4 is 0 Å². The minimum atomic E-state index is -0.818. The molecule has 3 N–H and O–H groups in total. The number of carboxylic acid groups (broad SMARTS) is 1. The summed E-state index contributed by atoms with van der Waals surface area (Å²) in [5.41, 5.74) is 14.4. The molecule has 6 rings (SSSR count). The van der Waals surface area contributed by atoms with E-state index in [1.54, 1.807) is 0 Å². The molecule has 6 heteroatoms. The molecule has 0 saturated carbocycles. The zero-order chi connectivity index (χ0) is 53.4. The summed E-state index contributed by atoms with van der Waals surface area (Å²) >= 11 is 0. The lowest BCUT2D eigenvalue weighted by Gasteiger charge is -2.34. The van der Waals surface area contributed by atoms with Crippen molar-refractivity contribution in [2.45, 2.75) is 155 Å². The lowest BCUT2D eigenvalue weighted by atomic mass is 9.70. The number of esters is 1. The van der Waals surface area contributed by atoms with E-state index in [9.17, 15) is 19.8 Å². The molecule has 0 radical (unpaired) electrons. The third-order valence-corrected chi connectivity index (χ3v) is 16.0. The summed E-state index contributed by atoms with van der Waals surface area (Å²) in [6.45, 7) is 21.4. The second-order valence-electron chi connectivity index (χ2n) is 19.9. The Morgan fingerprint density at radius 1 is 0.452 bits per heavy atom. The van der Waals surface area contributed by atoms with Gasteiger partial charge in [-0.25, -0.2) is 0 Å². The summed E-state index contributed by atoms with van der Waals surface area (Å²) in [7, 11) is 1.42. The van der Waals surface area contributed by atoms with Crippen LogP contribution in [0.15, 0.2) is 146 Å². The smallest absolute Gasteiger partial charge is 0.309 e. The van der Waals surface area contributed by atoms with Crippen molar-refractivity contribution >= 4 is 24.1 Å². The van der Waals surface area contributed by atoms with Gasteiger partial charge in [0.05, 0.1) is 31.2 Å². The molecule has 0 aliphatic carbocycles. The van der Waals surface area contributed by atoms with Crippen LogP contribution in [-0.2, 0) is 38.0 Å². The minimum Gasteiger partial charge on any atom is -0.481 e. The molecular formula is C67H82O6. The van der Waals surface area contributed by atoms with Gasteiger partial charge in [-0.15, -0.1) is 0 Å². The van der Waals surface area contributed by atoms with Gasteiger partial charge < -0.3 is 20.1 Å². The van der Waals surface area contributed by atoms with E-state index in [1.165, 1.54) is 40.5 Å². The molecule has 0 unspecified atom stereocenters. The van der Waals surface area contributed by atoms with Gasteiger partial charge >= 0.3 is 11.9 Å². The van der Waals surface area contributed by atoms with E-state index in [0.717, 1.165) is 70.2 Å². The van der Waals surface area contributed by atoms with Gasteiger partial charge in [0.25, 0.3) is 0 Å². The van der Waals surface area contributed by atoms with E-state index < -0.39 is 17.2 Å². The molecule has 73 heavy (non-hydrogen) atoms. The van der Waals surface area contributed by atoms with E-state index >= 15 is 0 Å². The van der Waals surface area contributed by atoms with Crippen LogP contribution in [0.3, 0.4) is 0 Å². The Balaban J connectivity index is 0.000000271. The maximum Gasteiger partial charge on any atom is 0.309 e. The summed E-state index contributed by atoms with van der Waals surface area (Å²) in [6.07, 6.45) is 15.1. The SMILES string of the molecule is CCC(O)(/C=C/c1ccc(C(CC)(CC)c2ccc(-c3cccc(CC(=O)O)c3)cc2)cc1C)CC.CCC(O)(/C=C/c1ccc(C(CC)(CC)c2ccc(-c3cccc(CC(=O)OC)c3)cc2)cc1C)CC. The first kappa shape index (κ1) is 57.6. The predicted molar refractivity (Wildman–Crippen MR) is 305 cm³/mol. The second-order valence-corrected chi connectivity index (χ2v) is 19.9. The Kier molecular flexibility index (Phi) is 20.5. The van der Waals surface area contributed by atoms with Crippen molar-refractivity contribution in [3.8, 4) is 22.3 Å². The normalized spacial score (nSPS) is 12.2. The van der Waals surface area contributed by atoms with Crippen molar-refractivity contribution in [3.63, 3.8) is 0 Å². The first-order valence-electron chi connectivity index (χ1n) is 26.7. The van der Waals surface area contributed by atoms with Crippen LogP contribution >= 0.6 is 0 Å². The van der Waals surface area contributed by atoms with Crippen molar-refractivity contribution in [1.82, 2.24) is 0 Å². The number of aliphatic hydroxyl groups is 2. The maximum atomic E-state index is 11.7. The van der Waals surface area contributed by atoms with Gasteiger partial charge in [0.2, 0.25) is 0 Å². The average Bonchev–Trinajstić information content (AvgIpc) is 3.41. The average molecular weight is 983 g/mol. The van der Waals surface area contributed by atoms with Crippen LogP contribution in [0.5, 0.6) is 0 Å². The number of rotatable bonds is 22. The number of benzene rings is 6. The number of hydrogen-bond donors (Lipinski definition) is 3. The van der Waals surface area contributed by atoms with Gasteiger partial charge in [-0.2, -0.15) is 0 Å². The summed E-state index contributed by atoms with van der Waals surface area (Å²) in [4.78, 5) is 22.8. The highest BCUT2D eigenvalue weighted by molar-refractivity contribution is 5.74. The van der Waals surface area contributed by atoms with Gasteiger partial charge in [-0.1, -0.05) is 213 Å². The molecule has 0 bridgehead atoms. The first-order chi connectivity index (χ1) is 34.9. The molecule has 0 amide bonds. The molecule has 6 aromatic carbocycles. The zero-order valence-corrected chi connectivity index (χ0v) is 45.6. The molecule has 0 aromatic heterocycles. The quantitative estimate of drug-likeness (QED) is 0.0586. The van der Waals surface area contributed by atoms with Gasteiger partial charge in [0.15, 0.2) is 0 Å². The summed E-state index contributed by atoms with van der Waals surface area (Å²) < 4.78 is 4.82. The molecule has 0 heterocycles. The number of carbonyl (C=O) groups excluding carboxylic acids is 1. The Bertz CT molecular complexity index is 2790. The van der Waals surface area contributed by atoms with Crippen molar-refractivity contribution < 1.29 is 29.6 Å². The Morgan fingerprint density at radius 3 is 1.12 bits per heavy atom.